The van der Waals surface area contributed by atoms with Crippen LogP contribution in [0, 0.1) is 11.3 Å². The molecule has 6 aromatic carbocycles. The number of rotatable bonds is 5. The number of hydrogen-bond donors (Lipinski definition) is 2. The van der Waals surface area contributed by atoms with Crippen molar-refractivity contribution in [2.75, 3.05) is 0 Å². The van der Waals surface area contributed by atoms with Crippen molar-refractivity contribution >= 4 is 16.6 Å². The highest BCUT2D eigenvalue weighted by atomic mass is 15.3. The van der Waals surface area contributed by atoms with Crippen LogP contribution in [0.15, 0.2) is 151 Å². The smallest absolute Gasteiger partial charge is 0.131 e. The van der Waals surface area contributed by atoms with E-state index in [9.17, 15) is 5.26 Å². The highest BCUT2D eigenvalue weighted by Crippen LogP contribution is 2.40. The van der Waals surface area contributed by atoms with Gasteiger partial charge in [0.1, 0.15) is 18.2 Å². The van der Waals surface area contributed by atoms with E-state index in [1.807, 2.05) is 48.5 Å². The lowest BCUT2D eigenvalue weighted by molar-refractivity contribution is 0.409. The van der Waals surface area contributed by atoms with Crippen LogP contribution in [0.4, 0.5) is 0 Å². The largest absolute Gasteiger partial charge is 0.350 e. The normalized spacial score (nSPS) is 16.3. The van der Waals surface area contributed by atoms with Crippen molar-refractivity contribution in [3.63, 3.8) is 0 Å². The van der Waals surface area contributed by atoms with Crippen LogP contribution in [0.1, 0.15) is 34.6 Å². The molecule has 0 aliphatic carbocycles. The van der Waals surface area contributed by atoms with Gasteiger partial charge in [-0.1, -0.05) is 140 Å². The van der Waals surface area contributed by atoms with E-state index in [4.69, 9.17) is 4.99 Å². The average molecular weight is 541 g/mol. The van der Waals surface area contributed by atoms with E-state index in [1.165, 1.54) is 0 Å². The zero-order chi connectivity index (χ0) is 28.3. The van der Waals surface area contributed by atoms with Crippen LogP contribution in [0.2, 0.25) is 0 Å². The monoisotopic (exact) mass is 540 g/mol. The molecule has 2 N–H and O–H groups in total. The molecule has 0 aromatic heterocycles. The van der Waals surface area contributed by atoms with Gasteiger partial charge in [-0.2, -0.15) is 5.26 Å². The first kappa shape index (κ1) is 25.5. The number of nitriles is 1. The number of amidine groups is 1. The van der Waals surface area contributed by atoms with Crippen molar-refractivity contribution in [1.82, 2.24) is 10.6 Å². The molecule has 1 heterocycles. The van der Waals surface area contributed by atoms with Crippen LogP contribution in [-0.4, -0.2) is 5.84 Å². The minimum Gasteiger partial charge on any atom is -0.350 e. The molecule has 0 bridgehead atoms. The van der Waals surface area contributed by atoms with Gasteiger partial charge in [-0.15, -0.1) is 0 Å². The molecular weight excluding hydrogens is 512 g/mol. The lowest BCUT2D eigenvalue weighted by Crippen LogP contribution is -2.44. The van der Waals surface area contributed by atoms with Gasteiger partial charge in [0.25, 0.3) is 0 Å². The fraction of sp³-hybridized carbons (Fsp3) is 0.0526. The Balaban J connectivity index is 1.32. The summed E-state index contributed by atoms with van der Waals surface area (Å²) in [6.45, 7) is 0. The fourth-order valence-electron chi connectivity index (χ4n) is 5.74. The van der Waals surface area contributed by atoms with Gasteiger partial charge in [0, 0.05) is 11.1 Å². The number of fused-ring (bicyclic) bond motifs is 1. The molecule has 7 rings (SSSR count). The molecule has 6 aromatic rings. The Morgan fingerprint density at radius 3 is 2.05 bits per heavy atom. The second kappa shape index (κ2) is 11.2. The summed E-state index contributed by atoms with van der Waals surface area (Å²) in [5.41, 5.74) is 8.15. The van der Waals surface area contributed by atoms with Crippen molar-refractivity contribution in [1.29, 1.82) is 5.26 Å². The molecule has 2 unspecified atom stereocenters. The van der Waals surface area contributed by atoms with Gasteiger partial charge in [-0.25, -0.2) is 4.99 Å². The summed E-state index contributed by atoms with van der Waals surface area (Å²) in [6, 6.07) is 52.2. The molecule has 200 valence electrons. The summed E-state index contributed by atoms with van der Waals surface area (Å²) in [5, 5.41) is 19.5. The molecule has 0 radical (unpaired) electrons. The molecule has 1 aliphatic rings. The maximum atomic E-state index is 9.87. The van der Waals surface area contributed by atoms with Crippen molar-refractivity contribution in [2.24, 2.45) is 4.99 Å². The topological polar surface area (TPSA) is 60.2 Å². The fourth-order valence-corrected chi connectivity index (χ4v) is 5.74. The maximum Gasteiger partial charge on any atom is 0.131 e. The second-order valence-electron chi connectivity index (χ2n) is 10.4. The third-order valence-corrected chi connectivity index (χ3v) is 7.83. The van der Waals surface area contributed by atoms with Gasteiger partial charge in [0.2, 0.25) is 0 Å². The summed E-state index contributed by atoms with van der Waals surface area (Å²) < 4.78 is 0. The SMILES string of the molecule is N#Cc1ccccc1-c1ccc2ccccc2c1-c1ccc(C2N=C(c3ccccc3)NC(c3ccccc3)N2)cc1. The maximum absolute atomic E-state index is 9.87. The molecule has 2 atom stereocenters. The highest BCUT2D eigenvalue weighted by molar-refractivity contribution is 6.04. The predicted molar refractivity (Wildman–Crippen MR) is 171 cm³/mol. The van der Waals surface area contributed by atoms with Crippen molar-refractivity contribution < 1.29 is 0 Å². The first-order chi connectivity index (χ1) is 20.8. The van der Waals surface area contributed by atoms with Gasteiger partial charge < -0.3 is 5.32 Å². The minimum atomic E-state index is -0.230. The Morgan fingerprint density at radius 1 is 0.571 bits per heavy atom. The first-order valence-corrected chi connectivity index (χ1v) is 14.1. The molecule has 0 saturated heterocycles. The number of aliphatic imine (C=N–C) groups is 1. The molecule has 1 aliphatic heterocycles. The van der Waals surface area contributed by atoms with Crippen molar-refractivity contribution in [3.8, 4) is 28.3 Å². The van der Waals surface area contributed by atoms with Gasteiger partial charge in [0.15, 0.2) is 0 Å². The van der Waals surface area contributed by atoms with E-state index in [0.29, 0.717) is 5.56 Å². The van der Waals surface area contributed by atoms with Crippen molar-refractivity contribution in [2.45, 2.75) is 12.3 Å². The number of nitrogens with zero attached hydrogens (tertiary/aromatic N) is 2. The number of nitrogens with one attached hydrogen (secondary N) is 2. The Morgan fingerprint density at radius 2 is 1.26 bits per heavy atom. The molecule has 0 spiro atoms. The molecule has 0 saturated carbocycles. The number of hydrogen-bond acceptors (Lipinski definition) is 4. The lowest BCUT2D eigenvalue weighted by Gasteiger charge is -2.32. The van der Waals surface area contributed by atoms with Crippen LogP contribution in [0.5, 0.6) is 0 Å². The summed E-state index contributed by atoms with van der Waals surface area (Å²) in [4.78, 5) is 5.10. The molecular formula is C38H28N4. The summed E-state index contributed by atoms with van der Waals surface area (Å²) in [7, 11) is 0. The van der Waals surface area contributed by atoms with E-state index in [1.54, 1.807) is 0 Å². The summed E-state index contributed by atoms with van der Waals surface area (Å²) in [5.74, 6) is 0.863. The first-order valence-electron chi connectivity index (χ1n) is 14.1. The Labute approximate surface area is 245 Å². The van der Waals surface area contributed by atoms with Crippen molar-refractivity contribution in [3.05, 3.63) is 168 Å². The second-order valence-corrected chi connectivity index (χ2v) is 10.4. The quantitative estimate of drug-likeness (QED) is 0.231. The molecule has 0 amide bonds. The summed E-state index contributed by atoms with van der Waals surface area (Å²) >= 11 is 0. The Bertz CT molecular complexity index is 1940. The third kappa shape index (κ3) is 4.83. The number of benzene rings is 6. The van der Waals surface area contributed by atoms with E-state index >= 15 is 0 Å². The molecule has 4 nitrogen and oxygen atoms in total. The summed E-state index contributed by atoms with van der Waals surface area (Å²) in [6.07, 6.45) is -0.317. The van der Waals surface area contributed by atoms with E-state index in [-0.39, 0.29) is 12.3 Å². The Kier molecular flexibility index (Phi) is 6.77. The van der Waals surface area contributed by atoms with Crippen LogP contribution in [0.25, 0.3) is 33.0 Å². The van der Waals surface area contributed by atoms with Gasteiger partial charge in [0.05, 0.1) is 11.6 Å². The van der Waals surface area contributed by atoms with Crippen LogP contribution in [0.3, 0.4) is 0 Å². The third-order valence-electron chi connectivity index (χ3n) is 7.83. The minimum absolute atomic E-state index is 0.0873. The van der Waals surface area contributed by atoms with Crippen LogP contribution in [-0.2, 0) is 0 Å². The zero-order valence-electron chi connectivity index (χ0n) is 22.9. The van der Waals surface area contributed by atoms with E-state index in [2.05, 4.69) is 114 Å². The predicted octanol–water partition coefficient (Wildman–Crippen LogP) is 8.38. The average Bonchev–Trinajstić information content (AvgIpc) is 3.08. The van der Waals surface area contributed by atoms with E-state index < -0.39 is 0 Å². The Hall–Kier alpha value is -5.50. The van der Waals surface area contributed by atoms with E-state index in [0.717, 1.165) is 55.6 Å². The van der Waals surface area contributed by atoms with Gasteiger partial charge in [-0.05, 0) is 44.7 Å². The van der Waals surface area contributed by atoms with Gasteiger partial charge in [-0.3, -0.25) is 5.32 Å². The molecule has 4 heteroatoms. The molecule has 42 heavy (non-hydrogen) atoms. The van der Waals surface area contributed by atoms with Gasteiger partial charge >= 0.3 is 0 Å². The highest BCUT2D eigenvalue weighted by Gasteiger charge is 2.25. The van der Waals surface area contributed by atoms with Crippen LogP contribution >= 0.6 is 0 Å². The zero-order valence-corrected chi connectivity index (χ0v) is 22.9. The standard InChI is InChI=1S/C38H28N4/c39-25-31-16-8-9-17-32(31)34-24-23-26-11-7-10-18-33(26)35(34)27-19-21-30(22-20-27)38-41-36(28-12-3-1-4-13-28)40-37(42-38)29-14-5-2-6-15-29/h1-24,36,38,41H,(H,40,42). The molecule has 0 fully saturated rings. The lowest BCUT2D eigenvalue weighted by atomic mass is 9.88. The van der Waals surface area contributed by atoms with Crippen LogP contribution < -0.4 is 10.6 Å².